The summed E-state index contributed by atoms with van der Waals surface area (Å²) >= 11 is 0. The zero-order chi connectivity index (χ0) is 22.4. The van der Waals surface area contributed by atoms with Crippen LogP contribution < -0.4 is 5.43 Å². The lowest BCUT2D eigenvalue weighted by Crippen LogP contribution is -2.48. The van der Waals surface area contributed by atoms with E-state index in [4.69, 9.17) is 0 Å². The molecule has 3 aromatic carbocycles. The maximum atomic E-state index is 13.0. The van der Waals surface area contributed by atoms with Crippen molar-refractivity contribution in [3.63, 3.8) is 0 Å². The van der Waals surface area contributed by atoms with Crippen LogP contribution in [0.2, 0.25) is 0 Å². The molecule has 0 saturated heterocycles. The largest absolute Gasteiger partial charge is 0.292 e. The van der Waals surface area contributed by atoms with E-state index >= 15 is 0 Å². The molecule has 0 aliphatic carbocycles. The Bertz CT molecular complexity index is 1110. The maximum absolute atomic E-state index is 13.0. The quantitative estimate of drug-likeness (QED) is 0.375. The molecule has 0 radical (unpaired) electrons. The van der Waals surface area contributed by atoms with Gasteiger partial charge in [0.25, 0.3) is 17.5 Å². The molecule has 0 aliphatic heterocycles. The Kier molecular flexibility index (Phi) is 6.51. The molecule has 0 aromatic heterocycles. The summed E-state index contributed by atoms with van der Waals surface area (Å²) in [5.74, 6) is -1.60. The number of hydrazine groups is 1. The van der Waals surface area contributed by atoms with E-state index < -0.39 is 23.3 Å². The molecule has 1 N–H and O–H groups in total. The number of Topliss-reactive ketones (excluding diaryl/α,β-unsaturated/α-hetero) is 1. The Morgan fingerprint density at radius 1 is 0.839 bits per heavy atom. The summed E-state index contributed by atoms with van der Waals surface area (Å²) in [6.07, 6.45) is 0. The second-order valence-corrected chi connectivity index (χ2v) is 6.79. The third kappa shape index (κ3) is 5.39. The molecule has 0 fully saturated rings. The molecule has 0 unspecified atom stereocenters. The monoisotopic (exact) mass is 417 g/mol. The number of hydrogen-bond donors (Lipinski definition) is 1. The Labute approximate surface area is 178 Å². The molecule has 156 valence electrons. The van der Waals surface area contributed by atoms with Crippen molar-refractivity contribution in [2.24, 2.45) is 0 Å². The number of rotatable bonds is 6. The van der Waals surface area contributed by atoms with Gasteiger partial charge in [-0.3, -0.25) is 29.9 Å². The molecule has 0 atom stereocenters. The number of nitrogens with one attached hydrogen (secondary N) is 1. The summed E-state index contributed by atoms with van der Waals surface area (Å²) in [5, 5.41) is 11.8. The molecule has 3 rings (SSSR count). The van der Waals surface area contributed by atoms with Gasteiger partial charge in [-0.25, -0.2) is 5.01 Å². The lowest BCUT2D eigenvalue weighted by Gasteiger charge is -2.23. The first-order valence-corrected chi connectivity index (χ1v) is 9.37. The number of carbonyl (C=O) groups excluding carboxylic acids is 3. The number of non-ortho nitro benzene ring substituents is 1. The Balaban J connectivity index is 1.86. The fourth-order valence-corrected chi connectivity index (χ4v) is 2.79. The number of nitro groups is 1. The third-order valence-electron chi connectivity index (χ3n) is 4.52. The first-order chi connectivity index (χ1) is 14.8. The van der Waals surface area contributed by atoms with E-state index in [9.17, 15) is 24.5 Å². The van der Waals surface area contributed by atoms with E-state index in [0.29, 0.717) is 11.1 Å². The van der Waals surface area contributed by atoms with Gasteiger partial charge >= 0.3 is 0 Å². The second kappa shape index (κ2) is 9.45. The number of nitro benzene ring substituents is 1. The number of ketones is 1. The highest BCUT2D eigenvalue weighted by Crippen LogP contribution is 2.14. The van der Waals surface area contributed by atoms with Crippen molar-refractivity contribution in [1.29, 1.82) is 0 Å². The summed E-state index contributed by atoms with van der Waals surface area (Å²) in [7, 11) is 0. The Morgan fingerprint density at radius 2 is 1.42 bits per heavy atom. The molecule has 8 heteroatoms. The minimum Gasteiger partial charge on any atom is -0.292 e. The highest BCUT2D eigenvalue weighted by Gasteiger charge is 2.23. The molecule has 8 nitrogen and oxygen atoms in total. The summed E-state index contributed by atoms with van der Waals surface area (Å²) in [6, 6.07) is 20.0. The molecule has 0 saturated carbocycles. The number of carbonyl (C=O) groups is 3. The fourth-order valence-electron chi connectivity index (χ4n) is 2.79. The van der Waals surface area contributed by atoms with Crippen LogP contribution in [0.3, 0.4) is 0 Å². The summed E-state index contributed by atoms with van der Waals surface area (Å²) in [5.41, 5.74) is 4.07. The standard InChI is InChI=1S/C23H19N3O5/c1-16-7-9-17(10-8-16)21(27)15-25(24-22(28)18-5-3-2-4-6-18)23(29)19-11-13-20(14-12-19)26(30)31/h2-14H,15H2,1H3,(H,24,28). The number of amides is 2. The average Bonchev–Trinajstić information content (AvgIpc) is 2.79. The lowest BCUT2D eigenvalue weighted by atomic mass is 10.1. The minimum atomic E-state index is -0.667. The van der Waals surface area contributed by atoms with Crippen molar-refractivity contribution in [2.75, 3.05) is 6.54 Å². The summed E-state index contributed by atoms with van der Waals surface area (Å²) < 4.78 is 0. The number of nitrogens with zero attached hydrogens (tertiary/aromatic N) is 2. The Morgan fingerprint density at radius 3 is 2.00 bits per heavy atom. The zero-order valence-corrected chi connectivity index (χ0v) is 16.6. The van der Waals surface area contributed by atoms with Gasteiger partial charge in [-0.1, -0.05) is 48.0 Å². The van der Waals surface area contributed by atoms with Gasteiger partial charge in [0, 0.05) is 28.8 Å². The van der Waals surface area contributed by atoms with E-state index in [-0.39, 0.29) is 17.0 Å². The van der Waals surface area contributed by atoms with E-state index in [1.165, 1.54) is 24.3 Å². The molecule has 2 amide bonds. The molecule has 0 bridgehead atoms. The van der Waals surface area contributed by atoms with Gasteiger partial charge in [-0.15, -0.1) is 0 Å². The average molecular weight is 417 g/mol. The van der Waals surface area contributed by atoms with Gasteiger partial charge in [-0.05, 0) is 31.2 Å². The van der Waals surface area contributed by atoms with Crippen LogP contribution in [0.1, 0.15) is 36.6 Å². The van der Waals surface area contributed by atoms with Crippen molar-refractivity contribution in [2.45, 2.75) is 6.92 Å². The number of aryl methyl sites for hydroxylation is 1. The van der Waals surface area contributed by atoms with Gasteiger partial charge in [0.1, 0.15) is 6.54 Å². The van der Waals surface area contributed by atoms with E-state index in [1.54, 1.807) is 54.6 Å². The molecule has 31 heavy (non-hydrogen) atoms. The van der Waals surface area contributed by atoms with Gasteiger partial charge < -0.3 is 0 Å². The van der Waals surface area contributed by atoms with Crippen molar-refractivity contribution in [1.82, 2.24) is 10.4 Å². The highest BCUT2D eigenvalue weighted by atomic mass is 16.6. The van der Waals surface area contributed by atoms with Gasteiger partial charge in [0.2, 0.25) is 0 Å². The molecule has 3 aromatic rings. The van der Waals surface area contributed by atoms with Crippen LogP contribution in [0.25, 0.3) is 0 Å². The molecular weight excluding hydrogens is 398 g/mol. The summed E-state index contributed by atoms with van der Waals surface area (Å²) in [6.45, 7) is 1.48. The molecule has 0 spiro atoms. The second-order valence-electron chi connectivity index (χ2n) is 6.79. The minimum absolute atomic E-state index is 0.0932. The third-order valence-corrected chi connectivity index (χ3v) is 4.52. The van der Waals surface area contributed by atoms with Crippen LogP contribution in [-0.4, -0.2) is 34.1 Å². The molecule has 0 aliphatic rings. The van der Waals surface area contributed by atoms with Crippen molar-refractivity contribution >= 4 is 23.3 Å². The van der Waals surface area contributed by atoms with Crippen LogP contribution in [-0.2, 0) is 0 Å². The molecular formula is C23H19N3O5. The SMILES string of the molecule is Cc1ccc(C(=O)CN(NC(=O)c2ccccc2)C(=O)c2ccc([N+](=O)[O-])cc2)cc1. The van der Waals surface area contributed by atoms with Crippen molar-refractivity contribution < 1.29 is 19.3 Å². The number of hydrogen-bond acceptors (Lipinski definition) is 5. The zero-order valence-electron chi connectivity index (χ0n) is 16.6. The van der Waals surface area contributed by atoms with Gasteiger partial charge in [0.15, 0.2) is 5.78 Å². The van der Waals surface area contributed by atoms with E-state index in [1.807, 2.05) is 6.92 Å². The van der Waals surface area contributed by atoms with Gasteiger partial charge in [-0.2, -0.15) is 0 Å². The predicted octanol–water partition coefficient (Wildman–Crippen LogP) is 3.57. The van der Waals surface area contributed by atoms with Crippen LogP contribution in [0, 0.1) is 17.0 Å². The maximum Gasteiger partial charge on any atom is 0.272 e. The normalized spacial score (nSPS) is 10.2. The summed E-state index contributed by atoms with van der Waals surface area (Å²) in [4.78, 5) is 48.6. The van der Waals surface area contributed by atoms with Crippen molar-refractivity contribution in [3.05, 3.63) is 111 Å². The van der Waals surface area contributed by atoms with E-state index in [2.05, 4.69) is 5.43 Å². The Hall–Kier alpha value is -4.33. The lowest BCUT2D eigenvalue weighted by molar-refractivity contribution is -0.384. The van der Waals surface area contributed by atoms with Crippen LogP contribution >= 0.6 is 0 Å². The topological polar surface area (TPSA) is 110 Å². The highest BCUT2D eigenvalue weighted by molar-refractivity contribution is 6.04. The predicted molar refractivity (Wildman–Crippen MR) is 114 cm³/mol. The van der Waals surface area contributed by atoms with Gasteiger partial charge in [0.05, 0.1) is 4.92 Å². The van der Waals surface area contributed by atoms with Crippen LogP contribution in [0.5, 0.6) is 0 Å². The van der Waals surface area contributed by atoms with E-state index in [0.717, 1.165) is 10.6 Å². The number of benzene rings is 3. The fraction of sp³-hybridized carbons (Fsp3) is 0.0870. The first-order valence-electron chi connectivity index (χ1n) is 9.37. The van der Waals surface area contributed by atoms with Crippen LogP contribution in [0.4, 0.5) is 5.69 Å². The molecule has 0 heterocycles. The first kappa shape index (κ1) is 21.4. The van der Waals surface area contributed by atoms with Crippen LogP contribution in [0.15, 0.2) is 78.9 Å². The van der Waals surface area contributed by atoms with Crippen molar-refractivity contribution in [3.8, 4) is 0 Å². The smallest absolute Gasteiger partial charge is 0.272 e.